The Balaban J connectivity index is 2.22. The van der Waals surface area contributed by atoms with E-state index in [-0.39, 0.29) is 0 Å². The third kappa shape index (κ3) is 3.43. The van der Waals surface area contributed by atoms with Gasteiger partial charge in [0.25, 0.3) is 0 Å². The van der Waals surface area contributed by atoms with Crippen molar-refractivity contribution in [2.75, 3.05) is 17.7 Å². The molecule has 2 nitrogen and oxygen atoms in total. The predicted molar refractivity (Wildman–Crippen MR) is 86.9 cm³/mol. The van der Waals surface area contributed by atoms with Crippen molar-refractivity contribution in [3.8, 4) is 0 Å². The zero-order valence-corrected chi connectivity index (χ0v) is 13.3. The minimum atomic E-state index is 0.704. The lowest BCUT2D eigenvalue weighted by molar-refractivity contribution is 0.923. The molecule has 0 heterocycles. The van der Waals surface area contributed by atoms with Gasteiger partial charge < -0.3 is 10.6 Å². The van der Waals surface area contributed by atoms with E-state index in [9.17, 15) is 0 Å². The summed E-state index contributed by atoms with van der Waals surface area (Å²) in [5.41, 5.74) is 10.0. The van der Waals surface area contributed by atoms with E-state index < -0.39 is 0 Å². The fourth-order valence-corrected chi connectivity index (χ4v) is 2.40. The third-order valence-electron chi connectivity index (χ3n) is 3.05. The molecule has 100 valence electrons. The molecule has 4 heteroatoms. The number of nitrogens with two attached hydrogens (primary N) is 1. The SMILES string of the molecule is Cc1cc(N(C)Cc2ccc(Br)cc2)c(N)cc1Cl. The monoisotopic (exact) mass is 338 g/mol. The Hall–Kier alpha value is -1.19. The molecule has 0 saturated carbocycles. The molecule has 2 rings (SSSR count). The number of halogens is 2. The second kappa shape index (κ2) is 5.85. The van der Waals surface area contributed by atoms with Crippen LogP contribution in [0.15, 0.2) is 40.9 Å². The second-order valence-electron chi connectivity index (χ2n) is 4.64. The first-order valence-corrected chi connectivity index (χ1v) is 7.15. The Morgan fingerprint density at radius 3 is 2.47 bits per heavy atom. The smallest absolute Gasteiger partial charge is 0.0604 e. The topological polar surface area (TPSA) is 29.3 Å². The molecular weight excluding hydrogens is 324 g/mol. The van der Waals surface area contributed by atoms with Crippen molar-refractivity contribution in [2.45, 2.75) is 13.5 Å². The van der Waals surface area contributed by atoms with Crippen LogP contribution in [0.1, 0.15) is 11.1 Å². The van der Waals surface area contributed by atoms with Crippen molar-refractivity contribution in [1.29, 1.82) is 0 Å². The predicted octanol–water partition coefficient (Wildman–Crippen LogP) is 4.63. The Kier molecular flexibility index (Phi) is 4.38. The van der Waals surface area contributed by atoms with Gasteiger partial charge in [0.1, 0.15) is 0 Å². The highest BCUT2D eigenvalue weighted by Crippen LogP contribution is 2.30. The fourth-order valence-electron chi connectivity index (χ4n) is 1.96. The van der Waals surface area contributed by atoms with Crippen molar-refractivity contribution < 1.29 is 0 Å². The summed E-state index contributed by atoms with van der Waals surface area (Å²) in [6, 6.07) is 12.1. The molecule has 2 aromatic rings. The van der Waals surface area contributed by atoms with Crippen molar-refractivity contribution in [3.05, 3.63) is 57.0 Å². The van der Waals surface area contributed by atoms with E-state index >= 15 is 0 Å². The van der Waals surface area contributed by atoms with Crippen molar-refractivity contribution >= 4 is 38.9 Å². The molecule has 0 bridgehead atoms. The first kappa shape index (κ1) is 14.2. The van der Waals surface area contributed by atoms with Gasteiger partial charge in [-0.05, 0) is 42.3 Å². The normalized spacial score (nSPS) is 10.5. The molecule has 2 N–H and O–H groups in total. The van der Waals surface area contributed by atoms with Crippen LogP contribution in [0.2, 0.25) is 5.02 Å². The molecule has 2 aromatic carbocycles. The van der Waals surface area contributed by atoms with Crippen molar-refractivity contribution in [1.82, 2.24) is 0 Å². The molecule has 0 spiro atoms. The number of anilines is 2. The lowest BCUT2D eigenvalue weighted by Gasteiger charge is -2.22. The van der Waals surface area contributed by atoms with Crippen molar-refractivity contribution in [3.63, 3.8) is 0 Å². The summed E-state index contributed by atoms with van der Waals surface area (Å²) in [7, 11) is 2.03. The number of hydrogen-bond donors (Lipinski definition) is 1. The molecule has 19 heavy (non-hydrogen) atoms. The summed E-state index contributed by atoms with van der Waals surface area (Å²) < 4.78 is 1.08. The van der Waals surface area contributed by atoms with E-state index in [1.807, 2.05) is 38.2 Å². The van der Waals surface area contributed by atoms with E-state index in [0.717, 1.165) is 22.3 Å². The van der Waals surface area contributed by atoms with Gasteiger partial charge in [0.2, 0.25) is 0 Å². The van der Waals surface area contributed by atoms with E-state index in [1.54, 1.807) is 0 Å². The third-order valence-corrected chi connectivity index (χ3v) is 3.99. The maximum atomic E-state index is 6.06. The van der Waals surface area contributed by atoms with Gasteiger partial charge in [-0.15, -0.1) is 0 Å². The maximum Gasteiger partial charge on any atom is 0.0604 e. The second-order valence-corrected chi connectivity index (χ2v) is 5.97. The molecule has 0 saturated heterocycles. The van der Waals surface area contributed by atoms with Gasteiger partial charge >= 0.3 is 0 Å². The Bertz CT molecular complexity index is 581. The fraction of sp³-hybridized carbons (Fsp3) is 0.200. The lowest BCUT2D eigenvalue weighted by Crippen LogP contribution is -2.18. The van der Waals surface area contributed by atoms with Gasteiger partial charge in [0, 0.05) is 23.1 Å². The minimum absolute atomic E-state index is 0.704. The highest BCUT2D eigenvalue weighted by atomic mass is 79.9. The standard InChI is InChI=1S/C15H16BrClN2/c1-10-7-15(14(18)8-13(10)17)19(2)9-11-3-5-12(16)6-4-11/h3-8H,9,18H2,1-2H3. The highest BCUT2D eigenvalue weighted by molar-refractivity contribution is 9.10. The summed E-state index contributed by atoms with van der Waals surface area (Å²) >= 11 is 9.50. The molecule has 0 fully saturated rings. The number of hydrogen-bond acceptors (Lipinski definition) is 2. The first-order valence-electron chi connectivity index (χ1n) is 5.98. The van der Waals surface area contributed by atoms with Gasteiger partial charge in [-0.1, -0.05) is 39.7 Å². The largest absolute Gasteiger partial charge is 0.397 e. The maximum absolute atomic E-state index is 6.06. The van der Waals surface area contributed by atoms with Gasteiger partial charge in [-0.25, -0.2) is 0 Å². The van der Waals surface area contributed by atoms with Gasteiger partial charge in [0.05, 0.1) is 11.4 Å². The van der Waals surface area contributed by atoms with E-state index in [0.29, 0.717) is 10.7 Å². The minimum Gasteiger partial charge on any atom is -0.397 e. The number of aryl methyl sites for hydroxylation is 1. The van der Waals surface area contributed by atoms with Gasteiger partial charge in [0.15, 0.2) is 0 Å². The zero-order chi connectivity index (χ0) is 14.0. The molecule has 0 aliphatic carbocycles. The molecular formula is C15H16BrClN2. The van der Waals surface area contributed by atoms with Gasteiger partial charge in [-0.3, -0.25) is 0 Å². The molecule has 0 aliphatic rings. The Morgan fingerprint density at radius 2 is 1.84 bits per heavy atom. The Labute approximate surface area is 127 Å². The molecule has 0 amide bonds. The van der Waals surface area contributed by atoms with Crippen molar-refractivity contribution in [2.24, 2.45) is 0 Å². The quantitative estimate of drug-likeness (QED) is 0.826. The summed E-state index contributed by atoms with van der Waals surface area (Å²) in [5.74, 6) is 0. The Morgan fingerprint density at radius 1 is 1.21 bits per heavy atom. The number of nitrogens with zero attached hydrogens (tertiary/aromatic N) is 1. The molecule has 0 aliphatic heterocycles. The van der Waals surface area contributed by atoms with E-state index in [2.05, 4.69) is 33.0 Å². The van der Waals surface area contributed by atoms with Crippen LogP contribution in [0.5, 0.6) is 0 Å². The van der Waals surface area contributed by atoms with Crippen LogP contribution in [0.3, 0.4) is 0 Å². The van der Waals surface area contributed by atoms with Crippen LogP contribution >= 0.6 is 27.5 Å². The van der Waals surface area contributed by atoms with E-state index in [4.69, 9.17) is 17.3 Å². The van der Waals surface area contributed by atoms with Crippen LogP contribution < -0.4 is 10.6 Å². The number of nitrogen functional groups attached to an aromatic ring is 1. The summed E-state index contributed by atoms with van der Waals surface area (Å²) in [5, 5.41) is 0.707. The van der Waals surface area contributed by atoms with Crippen LogP contribution in [0.25, 0.3) is 0 Å². The number of benzene rings is 2. The lowest BCUT2D eigenvalue weighted by atomic mass is 10.1. The first-order chi connectivity index (χ1) is 8.97. The zero-order valence-electron chi connectivity index (χ0n) is 11.0. The average molecular weight is 340 g/mol. The van der Waals surface area contributed by atoms with Crippen LogP contribution in [0.4, 0.5) is 11.4 Å². The van der Waals surface area contributed by atoms with Crippen LogP contribution in [-0.4, -0.2) is 7.05 Å². The van der Waals surface area contributed by atoms with Crippen LogP contribution in [0, 0.1) is 6.92 Å². The van der Waals surface area contributed by atoms with Crippen LogP contribution in [-0.2, 0) is 6.54 Å². The van der Waals surface area contributed by atoms with Gasteiger partial charge in [-0.2, -0.15) is 0 Å². The number of rotatable bonds is 3. The molecule has 0 atom stereocenters. The highest BCUT2D eigenvalue weighted by Gasteiger charge is 2.09. The summed E-state index contributed by atoms with van der Waals surface area (Å²) in [6.07, 6.45) is 0. The van der Waals surface area contributed by atoms with E-state index in [1.165, 1.54) is 5.56 Å². The summed E-state index contributed by atoms with van der Waals surface area (Å²) in [4.78, 5) is 2.13. The molecule has 0 aromatic heterocycles. The average Bonchev–Trinajstić information content (AvgIpc) is 2.36. The summed E-state index contributed by atoms with van der Waals surface area (Å²) in [6.45, 7) is 2.79. The molecule has 0 radical (unpaired) electrons. The molecule has 0 unspecified atom stereocenters.